The van der Waals surface area contributed by atoms with Gasteiger partial charge in [0.2, 0.25) is 0 Å². The van der Waals surface area contributed by atoms with E-state index in [0.29, 0.717) is 12.5 Å². The summed E-state index contributed by atoms with van der Waals surface area (Å²) in [6.07, 6.45) is 1.91. The van der Waals surface area contributed by atoms with Gasteiger partial charge in [0.1, 0.15) is 17.3 Å². The van der Waals surface area contributed by atoms with Crippen molar-refractivity contribution in [1.29, 1.82) is 0 Å². The molecular formula is C19H22N4O. The van der Waals surface area contributed by atoms with Crippen LogP contribution in [0.1, 0.15) is 36.9 Å². The summed E-state index contributed by atoms with van der Waals surface area (Å²) in [5, 5.41) is 4.17. The van der Waals surface area contributed by atoms with Crippen molar-refractivity contribution in [3.63, 3.8) is 0 Å². The largest absolute Gasteiger partial charge is 0.359 e. The highest BCUT2D eigenvalue weighted by Gasteiger charge is 2.16. The lowest BCUT2D eigenvalue weighted by atomic mass is 10.1. The Bertz CT molecular complexity index is 811. The van der Waals surface area contributed by atoms with Crippen LogP contribution in [0, 0.1) is 6.92 Å². The van der Waals surface area contributed by atoms with E-state index in [9.17, 15) is 0 Å². The zero-order chi connectivity index (χ0) is 17.1. The predicted molar refractivity (Wildman–Crippen MR) is 94.9 cm³/mol. The molecule has 24 heavy (non-hydrogen) atoms. The van der Waals surface area contributed by atoms with E-state index >= 15 is 0 Å². The fourth-order valence-electron chi connectivity index (χ4n) is 2.62. The van der Waals surface area contributed by atoms with Gasteiger partial charge in [-0.05, 0) is 12.8 Å². The molecule has 0 atom stereocenters. The summed E-state index contributed by atoms with van der Waals surface area (Å²) in [5.74, 6) is 2.87. The van der Waals surface area contributed by atoms with Gasteiger partial charge in [-0.2, -0.15) is 0 Å². The van der Waals surface area contributed by atoms with Gasteiger partial charge < -0.3 is 9.42 Å². The third kappa shape index (κ3) is 3.45. The van der Waals surface area contributed by atoms with E-state index in [1.54, 1.807) is 0 Å². The molecule has 1 aromatic carbocycles. The molecule has 0 radical (unpaired) electrons. The molecule has 124 valence electrons. The second-order valence-electron chi connectivity index (χ2n) is 6.25. The Morgan fingerprint density at radius 2 is 1.92 bits per heavy atom. The summed E-state index contributed by atoms with van der Waals surface area (Å²) in [4.78, 5) is 11.0. The van der Waals surface area contributed by atoms with Crippen LogP contribution in [-0.4, -0.2) is 22.2 Å². The fraction of sp³-hybridized carbons (Fsp3) is 0.316. The molecule has 0 spiro atoms. The van der Waals surface area contributed by atoms with Gasteiger partial charge in [-0.3, -0.25) is 0 Å². The molecule has 3 aromatic rings. The normalized spacial score (nSPS) is 11.0. The molecule has 3 rings (SSSR count). The predicted octanol–water partition coefficient (Wildman–Crippen LogP) is 4.20. The number of rotatable bonds is 5. The molecule has 2 aromatic heterocycles. The minimum atomic E-state index is 0.359. The number of anilines is 1. The molecule has 0 amide bonds. The molecule has 5 heteroatoms. The summed E-state index contributed by atoms with van der Waals surface area (Å²) >= 11 is 0. The minimum absolute atomic E-state index is 0.359. The van der Waals surface area contributed by atoms with E-state index in [4.69, 9.17) is 4.52 Å². The van der Waals surface area contributed by atoms with E-state index in [0.717, 1.165) is 34.2 Å². The quantitative estimate of drug-likeness (QED) is 0.704. The van der Waals surface area contributed by atoms with Crippen molar-refractivity contribution in [3.05, 3.63) is 59.7 Å². The van der Waals surface area contributed by atoms with Gasteiger partial charge in [0.15, 0.2) is 5.76 Å². The van der Waals surface area contributed by atoms with Gasteiger partial charge in [-0.15, -0.1) is 0 Å². The third-order valence-corrected chi connectivity index (χ3v) is 3.92. The molecule has 0 aliphatic carbocycles. The number of hydrogen-bond acceptors (Lipinski definition) is 5. The minimum Gasteiger partial charge on any atom is -0.359 e. The van der Waals surface area contributed by atoms with Crippen molar-refractivity contribution < 1.29 is 4.52 Å². The van der Waals surface area contributed by atoms with E-state index in [2.05, 4.69) is 33.9 Å². The zero-order valence-electron chi connectivity index (χ0n) is 14.5. The molecule has 5 nitrogen and oxygen atoms in total. The van der Waals surface area contributed by atoms with E-state index in [1.165, 1.54) is 0 Å². The maximum absolute atomic E-state index is 5.51. The maximum Gasteiger partial charge on any atom is 0.156 e. The first-order valence-electron chi connectivity index (χ1n) is 8.10. The first kappa shape index (κ1) is 16.2. The van der Waals surface area contributed by atoms with Gasteiger partial charge in [-0.1, -0.05) is 49.3 Å². The maximum atomic E-state index is 5.51. The highest BCUT2D eigenvalue weighted by molar-refractivity contribution is 5.58. The van der Waals surface area contributed by atoms with E-state index in [-0.39, 0.29) is 0 Å². The van der Waals surface area contributed by atoms with Crippen molar-refractivity contribution in [2.45, 2.75) is 33.2 Å². The van der Waals surface area contributed by atoms with Crippen LogP contribution >= 0.6 is 0 Å². The second-order valence-corrected chi connectivity index (χ2v) is 6.25. The smallest absolute Gasteiger partial charge is 0.156 e. The van der Waals surface area contributed by atoms with Crippen LogP contribution in [0.15, 0.2) is 47.1 Å². The monoisotopic (exact) mass is 322 g/mol. The number of nitrogens with zero attached hydrogens (tertiary/aromatic N) is 4. The Labute approximate surface area is 142 Å². The molecular weight excluding hydrogens is 300 g/mol. The molecule has 0 saturated carbocycles. The summed E-state index contributed by atoms with van der Waals surface area (Å²) in [6.45, 7) is 6.81. The Balaban J connectivity index is 1.82. The molecule has 0 fully saturated rings. The second kappa shape index (κ2) is 6.83. The average Bonchev–Trinajstić information content (AvgIpc) is 3.03. The Hall–Kier alpha value is -2.69. The molecule has 0 unspecified atom stereocenters. The molecule has 0 bridgehead atoms. The van der Waals surface area contributed by atoms with Gasteiger partial charge in [0.05, 0.1) is 6.54 Å². The van der Waals surface area contributed by atoms with E-state index in [1.807, 2.05) is 56.6 Å². The van der Waals surface area contributed by atoms with Crippen LogP contribution < -0.4 is 4.90 Å². The summed E-state index contributed by atoms with van der Waals surface area (Å²) < 4.78 is 5.51. The highest BCUT2D eigenvalue weighted by Crippen LogP contribution is 2.26. The summed E-state index contributed by atoms with van der Waals surface area (Å²) in [6, 6.07) is 12.0. The SMILES string of the molecule is Cc1ncc(C(C)C)c(N(C)Cc2cc(-c3ccccc3)no2)n1. The topological polar surface area (TPSA) is 55.1 Å². The summed E-state index contributed by atoms with van der Waals surface area (Å²) in [7, 11) is 2.01. The van der Waals surface area contributed by atoms with Crippen molar-refractivity contribution in [2.75, 3.05) is 11.9 Å². The van der Waals surface area contributed by atoms with Crippen LogP contribution in [0.4, 0.5) is 5.82 Å². The van der Waals surface area contributed by atoms with Crippen LogP contribution in [0.2, 0.25) is 0 Å². The van der Waals surface area contributed by atoms with Crippen LogP contribution in [0.5, 0.6) is 0 Å². The Kier molecular flexibility index (Phi) is 4.60. The van der Waals surface area contributed by atoms with E-state index < -0.39 is 0 Å². The van der Waals surface area contributed by atoms with Crippen LogP contribution in [0.3, 0.4) is 0 Å². The number of aromatic nitrogens is 3. The number of aryl methyl sites for hydroxylation is 1. The number of benzene rings is 1. The molecule has 0 aliphatic rings. The van der Waals surface area contributed by atoms with Gasteiger partial charge in [0, 0.05) is 30.4 Å². The molecule has 0 N–H and O–H groups in total. The van der Waals surface area contributed by atoms with Crippen molar-refractivity contribution in [1.82, 2.24) is 15.1 Å². The van der Waals surface area contributed by atoms with Crippen molar-refractivity contribution in [2.24, 2.45) is 0 Å². The van der Waals surface area contributed by atoms with Crippen LogP contribution in [-0.2, 0) is 6.54 Å². The highest BCUT2D eigenvalue weighted by atomic mass is 16.5. The molecule has 0 saturated heterocycles. The van der Waals surface area contributed by atoms with Gasteiger partial charge in [-0.25, -0.2) is 9.97 Å². The van der Waals surface area contributed by atoms with Gasteiger partial charge in [0.25, 0.3) is 0 Å². The van der Waals surface area contributed by atoms with Crippen molar-refractivity contribution in [3.8, 4) is 11.3 Å². The van der Waals surface area contributed by atoms with Crippen LogP contribution in [0.25, 0.3) is 11.3 Å². The third-order valence-electron chi connectivity index (χ3n) is 3.92. The Morgan fingerprint density at radius 1 is 1.17 bits per heavy atom. The molecule has 0 aliphatic heterocycles. The lowest BCUT2D eigenvalue weighted by Crippen LogP contribution is -2.20. The standard InChI is InChI=1S/C19H22N4O/c1-13(2)17-11-20-14(3)21-19(17)23(4)12-16-10-18(22-24-16)15-8-6-5-7-9-15/h5-11,13H,12H2,1-4H3. The fourth-order valence-corrected chi connectivity index (χ4v) is 2.62. The number of hydrogen-bond donors (Lipinski definition) is 0. The van der Waals surface area contributed by atoms with Gasteiger partial charge >= 0.3 is 0 Å². The first-order valence-corrected chi connectivity index (χ1v) is 8.10. The lowest BCUT2D eigenvalue weighted by Gasteiger charge is -2.21. The zero-order valence-corrected chi connectivity index (χ0v) is 14.5. The first-order chi connectivity index (χ1) is 11.5. The lowest BCUT2D eigenvalue weighted by molar-refractivity contribution is 0.384. The Morgan fingerprint density at radius 3 is 2.62 bits per heavy atom. The average molecular weight is 322 g/mol. The van der Waals surface area contributed by atoms with Crippen molar-refractivity contribution >= 4 is 5.82 Å². The molecule has 2 heterocycles. The summed E-state index contributed by atoms with van der Waals surface area (Å²) in [5.41, 5.74) is 3.03.